The van der Waals surface area contributed by atoms with Crippen LogP contribution in [0.5, 0.6) is 5.75 Å². The van der Waals surface area contributed by atoms with Gasteiger partial charge in [0, 0.05) is 11.0 Å². The zero-order valence-electron chi connectivity index (χ0n) is 11.0. The smallest absolute Gasteiger partial charge is 0.257 e. The predicted molar refractivity (Wildman–Crippen MR) is 75.3 cm³/mol. The number of hydrogen-bond donors (Lipinski definition) is 1. The summed E-state index contributed by atoms with van der Waals surface area (Å²) in [6.45, 7) is 1.65. The van der Waals surface area contributed by atoms with E-state index in [1.54, 1.807) is 0 Å². The van der Waals surface area contributed by atoms with Gasteiger partial charge in [-0.1, -0.05) is 15.9 Å². The lowest BCUT2D eigenvalue weighted by molar-refractivity contribution is -0.123. The molecule has 1 amide bonds. The van der Waals surface area contributed by atoms with Crippen molar-refractivity contribution in [1.82, 2.24) is 5.32 Å². The van der Waals surface area contributed by atoms with Crippen molar-refractivity contribution in [2.75, 3.05) is 13.2 Å². The largest absolute Gasteiger partial charge is 0.480 e. The molecule has 0 atom stereocenters. The number of ketones is 1. The Kier molecular flexibility index (Phi) is 4.75. The third-order valence-electron chi connectivity index (χ3n) is 3.02. The van der Waals surface area contributed by atoms with Crippen LogP contribution >= 0.6 is 15.9 Å². The molecule has 0 aromatic heterocycles. The van der Waals surface area contributed by atoms with Crippen LogP contribution in [0.25, 0.3) is 0 Å². The van der Waals surface area contributed by atoms with Crippen LogP contribution in [0.2, 0.25) is 0 Å². The van der Waals surface area contributed by atoms with Gasteiger partial charge in [-0.05, 0) is 37.8 Å². The van der Waals surface area contributed by atoms with Crippen LogP contribution in [-0.4, -0.2) is 24.8 Å². The van der Waals surface area contributed by atoms with Gasteiger partial charge in [-0.15, -0.1) is 0 Å². The summed E-state index contributed by atoms with van der Waals surface area (Å²) in [5.41, 5.74) is 0.117. The van der Waals surface area contributed by atoms with Gasteiger partial charge in [-0.25, -0.2) is 4.39 Å². The molecule has 6 heteroatoms. The Morgan fingerprint density at radius 3 is 2.75 bits per heavy atom. The van der Waals surface area contributed by atoms with Crippen molar-refractivity contribution in [3.05, 3.63) is 28.0 Å². The minimum Gasteiger partial charge on any atom is -0.480 e. The second kappa shape index (κ2) is 6.35. The van der Waals surface area contributed by atoms with Crippen molar-refractivity contribution in [3.63, 3.8) is 0 Å². The molecular formula is C14H15BrFNO3. The summed E-state index contributed by atoms with van der Waals surface area (Å²) in [5.74, 6) is -0.912. The van der Waals surface area contributed by atoms with E-state index in [0.717, 1.165) is 12.8 Å². The summed E-state index contributed by atoms with van der Waals surface area (Å²) in [6, 6.07) is 2.67. The molecule has 1 aliphatic rings. The lowest BCUT2D eigenvalue weighted by atomic mass is 10.1. The Bertz CT molecular complexity index is 543. The monoisotopic (exact) mass is 343 g/mol. The molecule has 0 saturated heterocycles. The van der Waals surface area contributed by atoms with E-state index < -0.39 is 5.82 Å². The molecule has 0 bridgehead atoms. The summed E-state index contributed by atoms with van der Waals surface area (Å²) in [4.78, 5) is 23.0. The third kappa shape index (κ3) is 4.03. The number of amides is 1. The van der Waals surface area contributed by atoms with Crippen molar-refractivity contribution in [2.45, 2.75) is 19.8 Å². The van der Waals surface area contributed by atoms with E-state index in [4.69, 9.17) is 4.74 Å². The van der Waals surface area contributed by atoms with Crippen LogP contribution < -0.4 is 10.1 Å². The van der Waals surface area contributed by atoms with E-state index in [0.29, 0.717) is 16.9 Å². The minimum absolute atomic E-state index is 0.117. The molecule has 1 aromatic rings. The number of rotatable bonds is 6. The average Bonchev–Trinajstić information content (AvgIpc) is 3.18. The predicted octanol–water partition coefficient (Wildman–Crippen LogP) is 2.70. The van der Waals surface area contributed by atoms with Crippen LogP contribution in [0.4, 0.5) is 4.39 Å². The number of ether oxygens (including phenoxy) is 1. The first kappa shape index (κ1) is 15.0. The summed E-state index contributed by atoms with van der Waals surface area (Å²) < 4.78 is 19.4. The molecule has 0 unspecified atom stereocenters. The van der Waals surface area contributed by atoms with Gasteiger partial charge < -0.3 is 10.1 Å². The van der Waals surface area contributed by atoms with Crippen LogP contribution in [0.1, 0.15) is 30.1 Å². The molecule has 2 rings (SSSR count). The fourth-order valence-electron chi connectivity index (χ4n) is 1.74. The fourth-order valence-corrected chi connectivity index (χ4v) is 2.17. The molecule has 0 spiro atoms. The number of benzene rings is 1. The van der Waals surface area contributed by atoms with E-state index >= 15 is 0 Å². The number of Topliss-reactive ketones (excluding diaryl/α,β-unsaturated/α-hetero) is 1. The Balaban J connectivity index is 2.00. The average molecular weight is 344 g/mol. The first-order valence-corrected chi connectivity index (χ1v) is 7.16. The molecule has 1 aromatic carbocycles. The van der Waals surface area contributed by atoms with E-state index in [-0.39, 0.29) is 29.6 Å². The minimum atomic E-state index is -0.667. The molecule has 0 radical (unpaired) electrons. The van der Waals surface area contributed by atoms with Crippen molar-refractivity contribution in [1.29, 1.82) is 0 Å². The Hall–Kier alpha value is -1.43. The van der Waals surface area contributed by atoms with E-state index in [9.17, 15) is 14.0 Å². The molecular weight excluding hydrogens is 329 g/mol. The summed E-state index contributed by atoms with van der Waals surface area (Å²) in [5, 5.41) is 2.71. The van der Waals surface area contributed by atoms with Crippen LogP contribution in [0, 0.1) is 11.7 Å². The van der Waals surface area contributed by atoms with Gasteiger partial charge in [0.2, 0.25) is 0 Å². The first-order chi connectivity index (χ1) is 9.47. The number of carbonyl (C=O) groups is 2. The molecule has 108 valence electrons. The molecule has 1 saturated carbocycles. The highest BCUT2D eigenvalue weighted by molar-refractivity contribution is 9.10. The number of nitrogens with one attached hydrogen (secondary N) is 1. The van der Waals surface area contributed by atoms with Crippen molar-refractivity contribution < 1.29 is 18.7 Å². The number of hydrogen-bond acceptors (Lipinski definition) is 3. The Morgan fingerprint density at radius 1 is 1.45 bits per heavy atom. The lowest BCUT2D eigenvalue weighted by Gasteiger charge is -2.11. The Labute approximate surface area is 124 Å². The van der Waals surface area contributed by atoms with E-state index in [1.165, 1.54) is 19.1 Å². The second-order valence-corrected chi connectivity index (χ2v) is 5.77. The summed E-state index contributed by atoms with van der Waals surface area (Å²) >= 11 is 3.12. The van der Waals surface area contributed by atoms with Gasteiger partial charge >= 0.3 is 0 Å². The lowest BCUT2D eigenvalue weighted by Crippen LogP contribution is -2.30. The highest BCUT2D eigenvalue weighted by Gasteiger charge is 2.22. The first-order valence-electron chi connectivity index (χ1n) is 6.37. The molecule has 1 fully saturated rings. The van der Waals surface area contributed by atoms with E-state index in [2.05, 4.69) is 21.2 Å². The van der Waals surface area contributed by atoms with Gasteiger partial charge in [0.25, 0.3) is 5.91 Å². The van der Waals surface area contributed by atoms with Crippen LogP contribution in [-0.2, 0) is 4.79 Å². The van der Waals surface area contributed by atoms with Gasteiger partial charge in [0.15, 0.2) is 24.0 Å². The van der Waals surface area contributed by atoms with Gasteiger partial charge in [0.05, 0.1) is 5.56 Å². The van der Waals surface area contributed by atoms with Crippen molar-refractivity contribution >= 4 is 27.6 Å². The van der Waals surface area contributed by atoms with Gasteiger partial charge in [-0.2, -0.15) is 0 Å². The maximum atomic E-state index is 13.8. The summed E-state index contributed by atoms with van der Waals surface area (Å²) in [6.07, 6.45) is 2.27. The van der Waals surface area contributed by atoms with Crippen molar-refractivity contribution in [2.24, 2.45) is 5.92 Å². The molecule has 4 nitrogen and oxygen atoms in total. The molecule has 1 N–H and O–H groups in total. The third-order valence-corrected chi connectivity index (χ3v) is 3.48. The maximum Gasteiger partial charge on any atom is 0.257 e. The topological polar surface area (TPSA) is 55.4 Å². The second-order valence-electron chi connectivity index (χ2n) is 4.86. The maximum absolute atomic E-state index is 13.8. The molecule has 0 aliphatic heterocycles. The van der Waals surface area contributed by atoms with Crippen molar-refractivity contribution in [3.8, 4) is 5.75 Å². The fraction of sp³-hybridized carbons (Fsp3) is 0.429. The quantitative estimate of drug-likeness (QED) is 0.808. The normalized spacial score (nSPS) is 13.9. The zero-order chi connectivity index (χ0) is 14.7. The summed E-state index contributed by atoms with van der Waals surface area (Å²) in [7, 11) is 0. The van der Waals surface area contributed by atoms with Crippen LogP contribution in [0.15, 0.2) is 16.6 Å². The molecule has 1 aliphatic carbocycles. The van der Waals surface area contributed by atoms with Gasteiger partial charge in [0.1, 0.15) is 0 Å². The highest BCUT2D eigenvalue weighted by atomic mass is 79.9. The van der Waals surface area contributed by atoms with E-state index in [1.807, 2.05) is 0 Å². The molecule has 0 heterocycles. The SMILES string of the molecule is CC(=O)c1cc(Br)cc(F)c1OCC(=O)NCC1CC1. The number of carbonyl (C=O) groups excluding carboxylic acids is 2. The number of halogens is 2. The standard InChI is InChI=1S/C14H15BrFNO3/c1-8(18)11-4-10(15)5-12(16)14(11)20-7-13(19)17-6-9-2-3-9/h4-5,9H,2-3,6-7H2,1H3,(H,17,19). The highest BCUT2D eigenvalue weighted by Crippen LogP contribution is 2.28. The van der Waals surface area contributed by atoms with Gasteiger partial charge in [-0.3, -0.25) is 9.59 Å². The molecule has 20 heavy (non-hydrogen) atoms. The van der Waals surface area contributed by atoms with Crippen LogP contribution in [0.3, 0.4) is 0 Å². The Morgan fingerprint density at radius 2 is 2.15 bits per heavy atom. The zero-order valence-corrected chi connectivity index (χ0v) is 12.6.